The predicted octanol–water partition coefficient (Wildman–Crippen LogP) is 4.47. The van der Waals surface area contributed by atoms with E-state index in [1.807, 2.05) is 0 Å². The van der Waals surface area contributed by atoms with E-state index in [-0.39, 0.29) is 0 Å². The Bertz CT molecular complexity index is 810. The number of rotatable bonds is 3. The second kappa shape index (κ2) is 6.21. The van der Waals surface area contributed by atoms with E-state index in [1.165, 1.54) is 47.0 Å². The van der Waals surface area contributed by atoms with E-state index >= 15 is 0 Å². The third-order valence-corrected chi connectivity index (χ3v) is 4.99. The van der Waals surface area contributed by atoms with Crippen molar-refractivity contribution in [3.63, 3.8) is 0 Å². The molecule has 23 heavy (non-hydrogen) atoms. The molecular weight excluding hydrogens is 280 g/mol. The Morgan fingerprint density at radius 1 is 1.13 bits per heavy atom. The van der Waals surface area contributed by atoms with Crippen LogP contribution in [0, 0.1) is 6.92 Å². The van der Waals surface area contributed by atoms with Crippen LogP contribution in [-0.4, -0.2) is 17.7 Å². The summed E-state index contributed by atoms with van der Waals surface area (Å²) in [4.78, 5) is 0. The van der Waals surface area contributed by atoms with Gasteiger partial charge in [0.05, 0.1) is 0 Å². The zero-order valence-electron chi connectivity index (χ0n) is 13.8. The number of piperidine rings is 1. The third kappa shape index (κ3) is 2.91. The minimum atomic E-state index is 0.646. The molecule has 2 heterocycles. The van der Waals surface area contributed by atoms with Crippen LogP contribution >= 0.6 is 0 Å². The highest BCUT2D eigenvalue weighted by molar-refractivity contribution is 5.84. The monoisotopic (exact) mass is 304 g/mol. The summed E-state index contributed by atoms with van der Waals surface area (Å²) in [6, 6.07) is 17.7. The van der Waals surface area contributed by atoms with Crippen molar-refractivity contribution in [2.75, 3.05) is 13.1 Å². The van der Waals surface area contributed by atoms with Crippen LogP contribution in [0.25, 0.3) is 10.9 Å². The van der Waals surface area contributed by atoms with Gasteiger partial charge in [0.15, 0.2) is 0 Å². The van der Waals surface area contributed by atoms with Gasteiger partial charge in [0.25, 0.3) is 0 Å². The molecule has 0 saturated carbocycles. The molecule has 1 aromatic heterocycles. The van der Waals surface area contributed by atoms with Crippen molar-refractivity contribution in [3.8, 4) is 0 Å². The molecule has 0 amide bonds. The van der Waals surface area contributed by atoms with Crippen LogP contribution in [0.5, 0.6) is 0 Å². The quantitative estimate of drug-likeness (QED) is 0.755. The molecule has 1 unspecified atom stereocenters. The fourth-order valence-electron chi connectivity index (χ4n) is 3.86. The van der Waals surface area contributed by atoms with Gasteiger partial charge >= 0.3 is 0 Å². The Morgan fingerprint density at radius 3 is 2.87 bits per heavy atom. The maximum absolute atomic E-state index is 3.56. The first-order valence-electron chi connectivity index (χ1n) is 8.65. The normalized spacial score (nSPS) is 18.4. The van der Waals surface area contributed by atoms with Crippen molar-refractivity contribution in [1.82, 2.24) is 9.88 Å². The van der Waals surface area contributed by atoms with Gasteiger partial charge in [-0.15, -0.1) is 0 Å². The van der Waals surface area contributed by atoms with Gasteiger partial charge in [-0.1, -0.05) is 48.0 Å². The van der Waals surface area contributed by atoms with Gasteiger partial charge in [-0.25, -0.2) is 0 Å². The maximum Gasteiger partial charge on any atom is 0.0486 e. The van der Waals surface area contributed by atoms with E-state index in [0.29, 0.717) is 5.92 Å². The lowest BCUT2D eigenvalue weighted by atomic mass is 9.91. The summed E-state index contributed by atoms with van der Waals surface area (Å²) in [5, 5.41) is 4.98. The first-order valence-corrected chi connectivity index (χ1v) is 8.65. The summed E-state index contributed by atoms with van der Waals surface area (Å²) in [6.07, 6.45) is 4.97. The van der Waals surface area contributed by atoms with Gasteiger partial charge in [0.1, 0.15) is 0 Å². The summed E-state index contributed by atoms with van der Waals surface area (Å²) in [6.45, 7) is 5.38. The van der Waals surface area contributed by atoms with Gasteiger partial charge in [-0.05, 0) is 49.4 Å². The van der Waals surface area contributed by atoms with E-state index < -0.39 is 0 Å². The second-order valence-electron chi connectivity index (χ2n) is 6.76. The zero-order chi connectivity index (χ0) is 15.6. The number of aryl methyl sites for hydroxylation is 1. The average molecular weight is 304 g/mol. The number of benzene rings is 2. The van der Waals surface area contributed by atoms with E-state index in [1.54, 1.807) is 0 Å². The van der Waals surface area contributed by atoms with Crippen LogP contribution in [-0.2, 0) is 6.54 Å². The standard InChI is InChI=1S/C21H24N2/c1-16-6-4-7-17(12-16)14-23-15-20(18-8-5-11-22-13-18)19-9-2-3-10-21(19)23/h2-4,6-7,9-10,12,15,18,22H,5,8,11,13-14H2,1H3. The molecule has 1 atom stereocenters. The van der Waals surface area contributed by atoms with E-state index in [4.69, 9.17) is 0 Å². The molecule has 1 aliphatic rings. The van der Waals surface area contributed by atoms with Gasteiger partial charge in [0.2, 0.25) is 0 Å². The molecule has 4 rings (SSSR count). The van der Waals surface area contributed by atoms with Crippen LogP contribution in [0.15, 0.2) is 54.7 Å². The van der Waals surface area contributed by atoms with Crippen molar-refractivity contribution >= 4 is 10.9 Å². The molecule has 2 heteroatoms. The largest absolute Gasteiger partial charge is 0.343 e. The SMILES string of the molecule is Cc1cccc(Cn2cc(C3CCCNC3)c3ccccc32)c1. The van der Waals surface area contributed by atoms with Crippen molar-refractivity contribution in [1.29, 1.82) is 0 Å². The highest BCUT2D eigenvalue weighted by Crippen LogP contribution is 2.32. The van der Waals surface area contributed by atoms with Crippen LogP contribution < -0.4 is 5.32 Å². The Balaban J connectivity index is 1.74. The van der Waals surface area contributed by atoms with Crippen molar-refractivity contribution in [2.45, 2.75) is 32.2 Å². The summed E-state index contributed by atoms with van der Waals surface area (Å²) < 4.78 is 2.42. The Hall–Kier alpha value is -2.06. The molecule has 2 aromatic carbocycles. The Morgan fingerprint density at radius 2 is 2.04 bits per heavy atom. The third-order valence-electron chi connectivity index (χ3n) is 4.99. The summed E-state index contributed by atoms with van der Waals surface area (Å²) in [7, 11) is 0. The van der Waals surface area contributed by atoms with Crippen LogP contribution in [0.3, 0.4) is 0 Å². The summed E-state index contributed by atoms with van der Waals surface area (Å²) in [5.74, 6) is 0.646. The number of fused-ring (bicyclic) bond motifs is 1. The molecule has 0 radical (unpaired) electrons. The molecule has 118 valence electrons. The van der Waals surface area contributed by atoms with E-state index in [2.05, 4.69) is 71.5 Å². The minimum Gasteiger partial charge on any atom is -0.343 e. The molecule has 1 saturated heterocycles. The molecule has 1 aliphatic heterocycles. The van der Waals surface area contributed by atoms with Crippen LogP contribution in [0.4, 0.5) is 0 Å². The van der Waals surface area contributed by atoms with Crippen LogP contribution in [0.2, 0.25) is 0 Å². The number of nitrogens with one attached hydrogen (secondary N) is 1. The number of para-hydroxylation sites is 1. The Labute approximate surface area is 138 Å². The van der Waals surface area contributed by atoms with Crippen molar-refractivity contribution in [3.05, 3.63) is 71.4 Å². The number of nitrogens with zero attached hydrogens (tertiary/aromatic N) is 1. The smallest absolute Gasteiger partial charge is 0.0486 e. The van der Waals surface area contributed by atoms with Gasteiger partial charge in [0, 0.05) is 30.2 Å². The van der Waals surface area contributed by atoms with Crippen LogP contribution in [0.1, 0.15) is 35.4 Å². The van der Waals surface area contributed by atoms with Gasteiger partial charge in [-0.3, -0.25) is 0 Å². The molecule has 1 N–H and O–H groups in total. The van der Waals surface area contributed by atoms with Crippen molar-refractivity contribution in [2.24, 2.45) is 0 Å². The maximum atomic E-state index is 3.56. The minimum absolute atomic E-state index is 0.646. The topological polar surface area (TPSA) is 17.0 Å². The Kier molecular flexibility index (Phi) is 3.92. The fourth-order valence-corrected chi connectivity index (χ4v) is 3.86. The molecule has 2 nitrogen and oxygen atoms in total. The summed E-state index contributed by atoms with van der Waals surface area (Å²) >= 11 is 0. The second-order valence-corrected chi connectivity index (χ2v) is 6.76. The predicted molar refractivity (Wildman–Crippen MR) is 97.1 cm³/mol. The number of aromatic nitrogens is 1. The van der Waals surface area contributed by atoms with E-state index in [0.717, 1.165) is 13.1 Å². The average Bonchev–Trinajstić information content (AvgIpc) is 2.95. The lowest BCUT2D eigenvalue weighted by Gasteiger charge is -2.22. The number of hydrogen-bond donors (Lipinski definition) is 1. The number of hydrogen-bond acceptors (Lipinski definition) is 1. The van der Waals surface area contributed by atoms with E-state index in [9.17, 15) is 0 Å². The molecule has 0 spiro atoms. The van der Waals surface area contributed by atoms with Gasteiger partial charge in [-0.2, -0.15) is 0 Å². The highest BCUT2D eigenvalue weighted by atomic mass is 15.0. The first kappa shape index (κ1) is 14.5. The molecule has 1 fully saturated rings. The lowest BCUT2D eigenvalue weighted by Crippen LogP contribution is -2.28. The lowest BCUT2D eigenvalue weighted by molar-refractivity contribution is 0.463. The molecular formula is C21H24N2. The van der Waals surface area contributed by atoms with Crippen molar-refractivity contribution < 1.29 is 0 Å². The first-order chi connectivity index (χ1) is 11.3. The fraction of sp³-hybridized carbons (Fsp3) is 0.333. The van der Waals surface area contributed by atoms with Gasteiger partial charge < -0.3 is 9.88 Å². The zero-order valence-corrected chi connectivity index (χ0v) is 13.8. The molecule has 0 aliphatic carbocycles. The molecule has 0 bridgehead atoms. The molecule has 3 aromatic rings. The highest BCUT2D eigenvalue weighted by Gasteiger charge is 2.19. The summed E-state index contributed by atoms with van der Waals surface area (Å²) in [5.41, 5.74) is 5.57.